The molecule has 2 rings (SSSR count). The van der Waals surface area contributed by atoms with Gasteiger partial charge in [0.2, 0.25) is 5.96 Å². The van der Waals surface area contributed by atoms with Crippen molar-refractivity contribution in [2.75, 3.05) is 0 Å². The van der Waals surface area contributed by atoms with Gasteiger partial charge in [0, 0.05) is 0 Å². The monoisotopic (exact) mass is 248 g/mol. The van der Waals surface area contributed by atoms with E-state index in [0.29, 0.717) is 0 Å². The Balaban J connectivity index is 0.00000144. The normalized spacial score (nSPS) is 10.1. The van der Waals surface area contributed by atoms with Crippen molar-refractivity contribution in [2.24, 2.45) is 10.8 Å². The number of nitrogens with two attached hydrogens (primary N) is 1. The van der Waals surface area contributed by atoms with Gasteiger partial charge in [0.1, 0.15) is 0 Å². The summed E-state index contributed by atoms with van der Waals surface area (Å²) in [6.45, 7) is 0. The molecule has 4 N–H and O–H groups in total. The fraction of sp³-hybridized carbons (Fsp3) is 0. The first kappa shape index (κ1) is 13.0. The van der Waals surface area contributed by atoms with E-state index in [0.717, 1.165) is 10.9 Å². The minimum Gasteiger partial charge on any atom is -0.369 e. The first-order chi connectivity index (χ1) is 7.75. The van der Waals surface area contributed by atoms with E-state index < -0.39 is 0 Å². The molecule has 0 aliphatic heterocycles. The van der Waals surface area contributed by atoms with Crippen LogP contribution in [0.2, 0.25) is 0 Å². The number of nitrogens with one attached hydrogen (secondary N) is 2. The molecular formula is C12H13ClN4. The molecule has 17 heavy (non-hydrogen) atoms. The molecule has 4 nitrogen and oxygen atoms in total. The minimum atomic E-state index is -0.169. The van der Waals surface area contributed by atoms with Gasteiger partial charge in [-0.15, -0.1) is 12.4 Å². The molecule has 0 atom stereocenters. The van der Waals surface area contributed by atoms with Gasteiger partial charge in [-0.25, -0.2) is 5.43 Å². The van der Waals surface area contributed by atoms with Crippen molar-refractivity contribution in [3.63, 3.8) is 0 Å². The molecule has 0 aliphatic carbocycles. The lowest BCUT2D eigenvalue weighted by Gasteiger charge is -1.99. The van der Waals surface area contributed by atoms with Crippen molar-refractivity contribution in [3.8, 4) is 0 Å². The van der Waals surface area contributed by atoms with E-state index in [2.05, 4.69) is 16.6 Å². The molecule has 0 saturated heterocycles. The Morgan fingerprint density at radius 3 is 2.59 bits per heavy atom. The summed E-state index contributed by atoms with van der Waals surface area (Å²) in [5.74, 6) is -0.169. The first-order valence-electron chi connectivity index (χ1n) is 4.87. The van der Waals surface area contributed by atoms with Gasteiger partial charge in [-0.3, -0.25) is 5.41 Å². The summed E-state index contributed by atoms with van der Waals surface area (Å²) < 4.78 is 0. The Hall–Kier alpha value is -2.07. The van der Waals surface area contributed by atoms with Crippen LogP contribution in [0.1, 0.15) is 5.56 Å². The Labute approximate surface area is 105 Å². The molecule has 2 aromatic rings. The molecule has 0 heterocycles. The average Bonchev–Trinajstić information content (AvgIpc) is 2.28. The molecule has 0 radical (unpaired) electrons. The molecule has 5 heteroatoms. The highest BCUT2D eigenvalue weighted by Crippen LogP contribution is 2.14. The summed E-state index contributed by atoms with van der Waals surface area (Å²) in [5, 5.41) is 13.1. The van der Waals surface area contributed by atoms with E-state index in [1.165, 1.54) is 5.39 Å². The van der Waals surface area contributed by atoms with Gasteiger partial charge in [-0.05, 0) is 22.4 Å². The van der Waals surface area contributed by atoms with Gasteiger partial charge < -0.3 is 5.73 Å². The molecule has 2 aromatic carbocycles. The first-order valence-corrected chi connectivity index (χ1v) is 4.87. The minimum absolute atomic E-state index is 0. The molecule has 0 aromatic heterocycles. The maximum absolute atomic E-state index is 6.94. The second kappa shape index (κ2) is 5.86. The van der Waals surface area contributed by atoms with Crippen LogP contribution in [0.25, 0.3) is 10.8 Å². The molecule has 0 amide bonds. The number of nitrogens with zero attached hydrogens (tertiary/aromatic N) is 1. The summed E-state index contributed by atoms with van der Waals surface area (Å²) in [6.07, 6.45) is 1.63. The second-order valence-electron chi connectivity index (χ2n) is 3.39. The lowest BCUT2D eigenvalue weighted by Crippen LogP contribution is -2.25. The van der Waals surface area contributed by atoms with Gasteiger partial charge in [-0.2, -0.15) is 5.10 Å². The Morgan fingerprint density at radius 2 is 1.88 bits per heavy atom. The van der Waals surface area contributed by atoms with E-state index in [-0.39, 0.29) is 18.4 Å². The zero-order valence-electron chi connectivity index (χ0n) is 9.05. The van der Waals surface area contributed by atoms with E-state index >= 15 is 0 Å². The summed E-state index contributed by atoms with van der Waals surface area (Å²) >= 11 is 0. The number of halogens is 1. The van der Waals surface area contributed by atoms with Gasteiger partial charge in [-0.1, -0.05) is 36.4 Å². The predicted octanol–water partition coefficient (Wildman–Crippen LogP) is 2.08. The van der Waals surface area contributed by atoms with Gasteiger partial charge in [0.15, 0.2) is 0 Å². The van der Waals surface area contributed by atoms with Crippen molar-refractivity contribution >= 4 is 35.4 Å². The fourth-order valence-electron chi connectivity index (χ4n) is 1.46. The van der Waals surface area contributed by atoms with Crippen LogP contribution in [0, 0.1) is 5.41 Å². The zero-order valence-corrected chi connectivity index (χ0v) is 9.87. The number of hydrogen-bond acceptors (Lipinski definition) is 2. The lowest BCUT2D eigenvalue weighted by molar-refractivity contribution is 1.00. The van der Waals surface area contributed by atoms with Crippen molar-refractivity contribution < 1.29 is 0 Å². The van der Waals surface area contributed by atoms with Crippen LogP contribution in [0.4, 0.5) is 0 Å². The van der Waals surface area contributed by atoms with Gasteiger partial charge >= 0.3 is 0 Å². The van der Waals surface area contributed by atoms with Crippen LogP contribution in [-0.4, -0.2) is 12.2 Å². The molecular weight excluding hydrogens is 236 g/mol. The maximum Gasteiger partial charge on any atom is 0.206 e. The lowest BCUT2D eigenvalue weighted by atomic mass is 10.1. The topological polar surface area (TPSA) is 74.3 Å². The highest BCUT2D eigenvalue weighted by molar-refractivity contribution is 5.90. The average molecular weight is 249 g/mol. The van der Waals surface area contributed by atoms with E-state index in [4.69, 9.17) is 11.1 Å². The maximum atomic E-state index is 6.94. The van der Waals surface area contributed by atoms with E-state index in [9.17, 15) is 0 Å². The summed E-state index contributed by atoms with van der Waals surface area (Å²) in [6, 6.07) is 14.1. The number of rotatable bonds is 2. The van der Waals surface area contributed by atoms with Crippen molar-refractivity contribution in [1.29, 1.82) is 5.41 Å². The molecule has 0 fully saturated rings. The number of hydrogen-bond donors (Lipinski definition) is 3. The van der Waals surface area contributed by atoms with Crippen molar-refractivity contribution in [1.82, 2.24) is 5.43 Å². The third-order valence-electron chi connectivity index (χ3n) is 2.17. The predicted molar refractivity (Wildman–Crippen MR) is 73.8 cm³/mol. The summed E-state index contributed by atoms with van der Waals surface area (Å²) in [7, 11) is 0. The third kappa shape index (κ3) is 3.46. The largest absolute Gasteiger partial charge is 0.369 e. The number of fused-ring (bicyclic) bond motifs is 1. The van der Waals surface area contributed by atoms with E-state index in [1.54, 1.807) is 6.21 Å². The van der Waals surface area contributed by atoms with Crippen LogP contribution in [0.3, 0.4) is 0 Å². The Morgan fingerprint density at radius 1 is 1.18 bits per heavy atom. The molecule has 0 aliphatic rings. The molecule has 0 saturated carbocycles. The number of hydrazone groups is 1. The number of benzene rings is 2. The Bertz CT molecular complexity index is 551. The highest BCUT2D eigenvalue weighted by atomic mass is 35.5. The van der Waals surface area contributed by atoms with Crippen LogP contribution < -0.4 is 11.2 Å². The highest BCUT2D eigenvalue weighted by Gasteiger charge is 1.93. The zero-order chi connectivity index (χ0) is 11.4. The van der Waals surface area contributed by atoms with E-state index in [1.807, 2.05) is 36.4 Å². The molecule has 88 valence electrons. The van der Waals surface area contributed by atoms with Crippen molar-refractivity contribution in [2.45, 2.75) is 0 Å². The SMILES string of the molecule is Cl.N=C(N)NN=Cc1ccc2ccccc2c1. The summed E-state index contributed by atoms with van der Waals surface area (Å²) in [5.41, 5.74) is 8.44. The van der Waals surface area contributed by atoms with Crippen LogP contribution in [-0.2, 0) is 0 Å². The van der Waals surface area contributed by atoms with Crippen LogP contribution in [0.15, 0.2) is 47.6 Å². The van der Waals surface area contributed by atoms with Gasteiger partial charge in [0.05, 0.1) is 6.21 Å². The standard InChI is InChI=1S/C12H12N4.ClH/c13-12(14)16-15-8-9-5-6-10-3-1-2-4-11(10)7-9;/h1-8H,(H4,13,14,16);1H. The quantitative estimate of drug-likeness (QED) is 0.432. The van der Waals surface area contributed by atoms with Crippen LogP contribution >= 0.6 is 12.4 Å². The fourth-order valence-corrected chi connectivity index (χ4v) is 1.46. The second-order valence-corrected chi connectivity index (χ2v) is 3.39. The molecule has 0 spiro atoms. The van der Waals surface area contributed by atoms with Crippen molar-refractivity contribution in [3.05, 3.63) is 48.0 Å². The summed E-state index contributed by atoms with van der Waals surface area (Å²) in [4.78, 5) is 0. The number of guanidine groups is 1. The third-order valence-corrected chi connectivity index (χ3v) is 2.17. The van der Waals surface area contributed by atoms with Crippen LogP contribution in [0.5, 0.6) is 0 Å². The molecule has 0 unspecified atom stereocenters. The van der Waals surface area contributed by atoms with Gasteiger partial charge in [0.25, 0.3) is 0 Å². The smallest absolute Gasteiger partial charge is 0.206 e. The molecule has 0 bridgehead atoms. The Kier molecular flexibility index (Phi) is 4.48.